The molecule has 2 aliphatic heterocycles. The summed E-state index contributed by atoms with van der Waals surface area (Å²) in [7, 11) is 0. The predicted octanol–water partition coefficient (Wildman–Crippen LogP) is 12.8. The zero-order valence-electron chi connectivity index (χ0n) is 34.0. The summed E-state index contributed by atoms with van der Waals surface area (Å²) in [6.07, 6.45) is 0. The molecule has 0 atom stereocenters. The molecule has 0 spiro atoms. The van der Waals surface area contributed by atoms with Gasteiger partial charge in [-0.25, -0.2) is 0 Å². The van der Waals surface area contributed by atoms with E-state index in [0.29, 0.717) is 0 Å². The van der Waals surface area contributed by atoms with Crippen LogP contribution in [0.3, 0.4) is 0 Å². The van der Waals surface area contributed by atoms with Gasteiger partial charge in [-0.05, 0) is 103 Å². The van der Waals surface area contributed by atoms with Crippen molar-refractivity contribution in [3.8, 4) is 27.9 Å². The van der Waals surface area contributed by atoms with Crippen LogP contribution in [0.15, 0.2) is 132 Å². The molecule has 7 aromatic carbocycles. The molecule has 0 saturated carbocycles. The Bertz CT molecular complexity index is 3230. The molecule has 276 valence electrons. The van der Waals surface area contributed by atoms with Gasteiger partial charge >= 0.3 is 6.85 Å². The first-order chi connectivity index (χ1) is 27.3. The van der Waals surface area contributed by atoms with E-state index >= 15 is 0 Å². The number of para-hydroxylation sites is 1. The van der Waals surface area contributed by atoms with Gasteiger partial charge in [-0.15, -0.1) is 0 Å². The van der Waals surface area contributed by atoms with E-state index < -0.39 is 0 Å². The Morgan fingerprint density at radius 3 is 2.05 bits per heavy atom. The van der Waals surface area contributed by atoms with Crippen LogP contribution in [0.1, 0.15) is 77.6 Å². The lowest BCUT2D eigenvalue weighted by Gasteiger charge is -2.42. The molecule has 12 rings (SSSR count). The lowest BCUT2D eigenvalue weighted by Crippen LogP contribution is -2.60. The fourth-order valence-corrected chi connectivity index (χ4v) is 10.7. The lowest BCUT2D eigenvalue weighted by molar-refractivity contribution is 0.590. The molecule has 4 heterocycles. The Balaban J connectivity index is 1.24. The highest BCUT2D eigenvalue weighted by Gasteiger charge is 2.45. The van der Waals surface area contributed by atoms with Crippen molar-refractivity contribution >= 4 is 72.9 Å². The van der Waals surface area contributed by atoms with Crippen LogP contribution in [0.2, 0.25) is 0 Å². The maximum absolute atomic E-state index is 6.63. The van der Waals surface area contributed by atoms with Crippen molar-refractivity contribution in [3.63, 3.8) is 0 Å². The highest BCUT2D eigenvalue weighted by atomic mass is 16.3. The number of fused-ring (bicyclic) bond motifs is 14. The van der Waals surface area contributed by atoms with Crippen LogP contribution < -0.4 is 15.7 Å². The van der Waals surface area contributed by atoms with E-state index in [1.165, 1.54) is 94.3 Å². The lowest BCUT2D eigenvalue weighted by atomic mass is 9.43. The molecule has 0 saturated heterocycles. The van der Waals surface area contributed by atoms with Gasteiger partial charge in [-0.1, -0.05) is 134 Å². The molecular formula is C53H45BN2O. The third-order valence-electron chi connectivity index (χ3n) is 13.7. The summed E-state index contributed by atoms with van der Waals surface area (Å²) in [6, 6.07) is 48.7. The molecule has 1 aliphatic carbocycles. The Morgan fingerprint density at radius 1 is 0.526 bits per heavy atom. The van der Waals surface area contributed by atoms with Gasteiger partial charge in [0.25, 0.3) is 0 Å². The van der Waals surface area contributed by atoms with Crippen molar-refractivity contribution in [1.82, 2.24) is 4.57 Å². The summed E-state index contributed by atoms with van der Waals surface area (Å²) < 4.78 is 9.25. The molecule has 0 N–H and O–H groups in total. The predicted molar refractivity (Wildman–Crippen MR) is 242 cm³/mol. The van der Waals surface area contributed by atoms with E-state index in [-0.39, 0.29) is 23.1 Å². The van der Waals surface area contributed by atoms with Crippen LogP contribution >= 0.6 is 0 Å². The summed E-state index contributed by atoms with van der Waals surface area (Å²) in [5.74, 6) is 0. The van der Waals surface area contributed by atoms with Gasteiger partial charge in [0.1, 0.15) is 11.2 Å². The van der Waals surface area contributed by atoms with Crippen molar-refractivity contribution in [2.75, 3.05) is 4.81 Å². The Morgan fingerprint density at radius 2 is 1.26 bits per heavy atom. The second-order valence-electron chi connectivity index (χ2n) is 19.4. The quantitative estimate of drug-likeness (QED) is 0.157. The minimum absolute atomic E-state index is 0.0226. The highest BCUT2D eigenvalue weighted by Crippen LogP contribution is 2.53. The number of hydrogen-bond acceptors (Lipinski definition) is 2. The van der Waals surface area contributed by atoms with E-state index in [9.17, 15) is 0 Å². The molecule has 4 heteroatoms. The number of aromatic nitrogens is 1. The third kappa shape index (κ3) is 4.28. The summed E-state index contributed by atoms with van der Waals surface area (Å²) in [5, 5.41) is 4.94. The number of hydrogen-bond donors (Lipinski definition) is 0. The van der Waals surface area contributed by atoms with Crippen molar-refractivity contribution in [2.24, 2.45) is 0 Å². The summed E-state index contributed by atoms with van der Waals surface area (Å²) >= 11 is 0. The molecule has 9 aromatic rings. The van der Waals surface area contributed by atoms with E-state index in [2.05, 4.69) is 192 Å². The molecule has 2 aromatic heterocycles. The first-order valence-electron chi connectivity index (χ1n) is 20.5. The third-order valence-corrected chi connectivity index (χ3v) is 13.7. The fraction of sp³-hybridized carbons (Fsp3) is 0.208. The van der Waals surface area contributed by atoms with E-state index in [1.54, 1.807) is 0 Å². The van der Waals surface area contributed by atoms with Gasteiger partial charge < -0.3 is 13.8 Å². The van der Waals surface area contributed by atoms with Crippen LogP contribution in [-0.4, -0.2) is 11.4 Å². The molecule has 0 radical (unpaired) electrons. The van der Waals surface area contributed by atoms with Gasteiger partial charge in [0.2, 0.25) is 0 Å². The Labute approximate surface area is 334 Å². The van der Waals surface area contributed by atoms with E-state index in [0.717, 1.165) is 21.9 Å². The first kappa shape index (κ1) is 33.2. The second-order valence-corrected chi connectivity index (χ2v) is 19.4. The largest absolute Gasteiger partial charge is 0.456 e. The zero-order valence-corrected chi connectivity index (χ0v) is 34.0. The minimum Gasteiger partial charge on any atom is -0.456 e. The molecule has 0 bridgehead atoms. The summed E-state index contributed by atoms with van der Waals surface area (Å²) in [6.45, 7) is 18.6. The normalized spacial score (nSPS) is 15.1. The number of nitrogens with zero attached hydrogens (tertiary/aromatic N) is 2. The molecule has 57 heavy (non-hydrogen) atoms. The second kappa shape index (κ2) is 10.7. The highest BCUT2D eigenvalue weighted by molar-refractivity contribution is 6.93. The van der Waals surface area contributed by atoms with Gasteiger partial charge in [0.05, 0.1) is 11.0 Å². The number of rotatable bonds is 1. The van der Waals surface area contributed by atoms with Gasteiger partial charge in [-0.3, -0.25) is 0 Å². The van der Waals surface area contributed by atoms with Crippen LogP contribution in [0, 0.1) is 0 Å². The molecule has 0 amide bonds. The van der Waals surface area contributed by atoms with E-state index in [4.69, 9.17) is 4.42 Å². The smallest absolute Gasteiger partial charge is 0.333 e. The van der Waals surface area contributed by atoms with Gasteiger partial charge in [0, 0.05) is 55.7 Å². The van der Waals surface area contributed by atoms with Gasteiger partial charge in [0.15, 0.2) is 0 Å². The SMILES string of the molecule is CC(C)(C)c1ccc(N2B3c4cc(C(C)(C)C)ccc4-n4c5cc6c(cc5c5ccc(c3c54)-c3cc4c(cc32)oc2ccccc24)C(C)(C)c2ccccc2-6)cc1. The summed E-state index contributed by atoms with van der Waals surface area (Å²) in [4.78, 5) is 2.63. The first-order valence-corrected chi connectivity index (χ1v) is 20.5. The van der Waals surface area contributed by atoms with Crippen LogP contribution in [0.4, 0.5) is 11.4 Å². The van der Waals surface area contributed by atoms with Crippen molar-refractivity contribution in [3.05, 3.63) is 150 Å². The number of benzene rings is 7. The maximum Gasteiger partial charge on any atom is 0.333 e. The maximum atomic E-state index is 6.63. The zero-order chi connectivity index (χ0) is 38.9. The van der Waals surface area contributed by atoms with Gasteiger partial charge in [-0.2, -0.15) is 0 Å². The van der Waals surface area contributed by atoms with Crippen molar-refractivity contribution in [1.29, 1.82) is 0 Å². The fourth-order valence-electron chi connectivity index (χ4n) is 10.7. The topological polar surface area (TPSA) is 21.3 Å². The molecule has 3 aliphatic rings. The average molecular weight is 737 g/mol. The van der Waals surface area contributed by atoms with Crippen LogP contribution in [0.5, 0.6) is 0 Å². The monoisotopic (exact) mass is 736 g/mol. The standard InChI is InChI=1S/C53H45BN2O/c1-51(2,3)30-17-20-32(21-18-30)56-46-29-48-40(34-14-10-12-16-47(34)57-48)26-38(46)35-22-23-36-39-27-42-37(33-13-9-11-15-41(33)53(42,7)8)28-45(39)55-44-24-19-31(52(4,5)6)25-43(44)54(56)49(35)50(36)55/h9-29H,1-8H3. The molecular weight excluding hydrogens is 691 g/mol. The van der Waals surface area contributed by atoms with Crippen LogP contribution in [0.25, 0.3) is 71.7 Å². The molecule has 0 unspecified atom stereocenters. The number of anilines is 2. The van der Waals surface area contributed by atoms with Crippen molar-refractivity contribution in [2.45, 2.75) is 71.6 Å². The molecule has 0 fully saturated rings. The van der Waals surface area contributed by atoms with Crippen LogP contribution in [-0.2, 0) is 16.2 Å². The Kier molecular flexibility index (Phi) is 6.22. The Hall–Kier alpha value is -6.00. The minimum atomic E-state index is -0.0846. The summed E-state index contributed by atoms with van der Waals surface area (Å²) in [5.41, 5.74) is 21.4. The number of furan rings is 1. The molecule has 3 nitrogen and oxygen atoms in total. The average Bonchev–Trinajstić information content (AvgIpc) is 3.80. The van der Waals surface area contributed by atoms with Crippen molar-refractivity contribution < 1.29 is 4.42 Å². The van der Waals surface area contributed by atoms with E-state index in [1.807, 2.05) is 0 Å².